The van der Waals surface area contributed by atoms with Gasteiger partial charge in [-0.05, 0) is 56.7 Å². The lowest BCUT2D eigenvalue weighted by atomic mass is 10.0. The van der Waals surface area contributed by atoms with E-state index in [2.05, 4.69) is 22.4 Å². The molecule has 1 aromatic heterocycles. The van der Waals surface area contributed by atoms with E-state index in [1.807, 2.05) is 32.9 Å². The Balaban J connectivity index is 2.04. The SMILES string of the molecule is COc1cccc(C(=O)Nc2cc(C)nc3c(C)cc(C)cc23)c1. The van der Waals surface area contributed by atoms with Gasteiger partial charge in [-0.2, -0.15) is 0 Å². The summed E-state index contributed by atoms with van der Waals surface area (Å²) in [5, 5.41) is 3.97. The molecule has 4 nitrogen and oxygen atoms in total. The van der Waals surface area contributed by atoms with E-state index in [4.69, 9.17) is 4.74 Å². The lowest BCUT2D eigenvalue weighted by Crippen LogP contribution is -2.13. The number of aromatic nitrogens is 1. The molecule has 3 rings (SSSR count). The number of hydrogen-bond acceptors (Lipinski definition) is 3. The molecule has 1 amide bonds. The summed E-state index contributed by atoms with van der Waals surface area (Å²) in [6.07, 6.45) is 0. The van der Waals surface area contributed by atoms with Crippen LogP contribution in [-0.2, 0) is 0 Å². The van der Waals surface area contributed by atoms with Gasteiger partial charge in [-0.25, -0.2) is 0 Å². The first-order chi connectivity index (χ1) is 11.5. The molecule has 1 N–H and O–H groups in total. The zero-order valence-corrected chi connectivity index (χ0v) is 14.3. The fourth-order valence-electron chi connectivity index (χ4n) is 2.87. The van der Waals surface area contributed by atoms with Crippen molar-refractivity contribution in [1.82, 2.24) is 4.98 Å². The molecule has 0 fully saturated rings. The summed E-state index contributed by atoms with van der Waals surface area (Å²) < 4.78 is 5.19. The summed E-state index contributed by atoms with van der Waals surface area (Å²) in [4.78, 5) is 17.2. The van der Waals surface area contributed by atoms with E-state index in [9.17, 15) is 4.79 Å². The Morgan fingerprint density at radius 3 is 2.62 bits per heavy atom. The average Bonchev–Trinajstić information content (AvgIpc) is 2.56. The highest BCUT2D eigenvalue weighted by Gasteiger charge is 2.12. The van der Waals surface area contributed by atoms with Gasteiger partial charge in [0.15, 0.2) is 0 Å². The molecule has 0 unspecified atom stereocenters. The van der Waals surface area contributed by atoms with Crippen molar-refractivity contribution < 1.29 is 9.53 Å². The van der Waals surface area contributed by atoms with Crippen LogP contribution in [0.1, 0.15) is 27.2 Å². The molecule has 0 saturated carbocycles. The smallest absolute Gasteiger partial charge is 0.255 e. The van der Waals surface area contributed by atoms with Crippen LogP contribution in [0.3, 0.4) is 0 Å². The average molecular weight is 320 g/mol. The molecule has 0 saturated heterocycles. The van der Waals surface area contributed by atoms with E-state index in [0.717, 1.165) is 33.4 Å². The van der Waals surface area contributed by atoms with E-state index in [0.29, 0.717) is 11.3 Å². The Morgan fingerprint density at radius 1 is 1.08 bits per heavy atom. The molecule has 3 aromatic rings. The third-order valence-corrected chi connectivity index (χ3v) is 3.96. The third-order valence-electron chi connectivity index (χ3n) is 3.96. The quantitative estimate of drug-likeness (QED) is 0.777. The van der Waals surface area contributed by atoms with Crippen LogP contribution in [0.5, 0.6) is 5.75 Å². The Kier molecular flexibility index (Phi) is 4.21. The van der Waals surface area contributed by atoms with Gasteiger partial charge >= 0.3 is 0 Å². The number of benzene rings is 2. The maximum absolute atomic E-state index is 12.6. The van der Waals surface area contributed by atoms with Gasteiger partial charge in [0.1, 0.15) is 5.75 Å². The van der Waals surface area contributed by atoms with Crippen LogP contribution >= 0.6 is 0 Å². The fourth-order valence-corrected chi connectivity index (χ4v) is 2.87. The second-order valence-corrected chi connectivity index (χ2v) is 5.98. The summed E-state index contributed by atoms with van der Waals surface area (Å²) in [6.45, 7) is 6.01. The van der Waals surface area contributed by atoms with Gasteiger partial charge in [0.05, 0.1) is 18.3 Å². The number of hydrogen-bond donors (Lipinski definition) is 1. The number of aryl methyl sites for hydroxylation is 3. The van der Waals surface area contributed by atoms with E-state index in [1.165, 1.54) is 0 Å². The zero-order chi connectivity index (χ0) is 17.3. The number of carbonyl (C=O) groups is 1. The summed E-state index contributed by atoms with van der Waals surface area (Å²) in [5.41, 5.74) is 5.36. The van der Waals surface area contributed by atoms with Crippen molar-refractivity contribution in [3.05, 3.63) is 64.8 Å². The number of nitrogens with zero attached hydrogens (tertiary/aromatic N) is 1. The Bertz CT molecular complexity index is 932. The van der Waals surface area contributed by atoms with Crippen molar-refractivity contribution in [2.24, 2.45) is 0 Å². The highest BCUT2D eigenvalue weighted by molar-refractivity contribution is 6.09. The standard InChI is InChI=1S/C20H20N2O2/c1-12-8-13(2)19-17(9-12)18(10-14(3)21-19)22-20(23)15-6-5-7-16(11-15)24-4/h5-11H,1-4H3,(H,21,22,23). The molecule has 4 heteroatoms. The maximum atomic E-state index is 12.6. The van der Waals surface area contributed by atoms with Crippen LogP contribution < -0.4 is 10.1 Å². The summed E-state index contributed by atoms with van der Waals surface area (Å²) >= 11 is 0. The number of methoxy groups -OCH3 is 1. The predicted octanol–water partition coefficient (Wildman–Crippen LogP) is 4.42. The second kappa shape index (κ2) is 6.32. The Hall–Kier alpha value is -2.88. The van der Waals surface area contributed by atoms with Crippen LogP contribution in [0, 0.1) is 20.8 Å². The Morgan fingerprint density at radius 2 is 1.88 bits per heavy atom. The molecule has 0 bridgehead atoms. The minimum Gasteiger partial charge on any atom is -0.497 e. The number of pyridine rings is 1. The zero-order valence-electron chi connectivity index (χ0n) is 14.3. The molecule has 122 valence electrons. The summed E-state index contributed by atoms with van der Waals surface area (Å²) in [5.74, 6) is 0.491. The first kappa shape index (κ1) is 16.0. The van der Waals surface area contributed by atoms with E-state index < -0.39 is 0 Å². The minimum absolute atomic E-state index is 0.167. The molecular weight excluding hydrogens is 300 g/mol. The fraction of sp³-hybridized carbons (Fsp3) is 0.200. The number of ether oxygens (including phenoxy) is 1. The molecule has 0 spiro atoms. The number of fused-ring (bicyclic) bond motifs is 1. The maximum Gasteiger partial charge on any atom is 0.255 e. The first-order valence-corrected chi connectivity index (χ1v) is 7.82. The van der Waals surface area contributed by atoms with Gasteiger partial charge in [0.25, 0.3) is 5.91 Å². The molecule has 0 aliphatic rings. The van der Waals surface area contributed by atoms with Crippen LogP contribution in [-0.4, -0.2) is 18.0 Å². The summed E-state index contributed by atoms with van der Waals surface area (Å²) in [7, 11) is 1.59. The second-order valence-electron chi connectivity index (χ2n) is 5.98. The number of rotatable bonds is 3. The monoisotopic (exact) mass is 320 g/mol. The van der Waals surface area contributed by atoms with E-state index in [1.54, 1.807) is 25.3 Å². The number of nitrogens with one attached hydrogen (secondary N) is 1. The van der Waals surface area contributed by atoms with Crippen molar-refractivity contribution in [2.45, 2.75) is 20.8 Å². The molecule has 0 radical (unpaired) electrons. The molecular formula is C20H20N2O2. The Labute approximate surface area is 141 Å². The van der Waals surface area contributed by atoms with E-state index in [-0.39, 0.29) is 5.91 Å². The van der Waals surface area contributed by atoms with Crippen LogP contribution in [0.2, 0.25) is 0 Å². The highest BCUT2D eigenvalue weighted by atomic mass is 16.5. The largest absolute Gasteiger partial charge is 0.497 e. The van der Waals surface area contributed by atoms with Crippen molar-refractivity contribution in [3.8, 4) is 5.75 Å². The van der Waals surface area contributed by atoms with Gasteiger partial charge < -0.3 is 10.1 Å². The molecule has 0 aliphatic carbocycles. The van der Waals surface area contributed by atoms with Crippen molar-refractivity contribution >= 4 is 22.5 Å². The summed E-state index contributed by atoms with van der Waals surface area (Å²) in [6, 6.07) is 13.2. The first-order valence-electron chi connectivity index (χ1n) is 7.82. The molecule has 1 heterocycles. The predicted molar refractivity (Wildman–Crippen MR) is 96.9 cm³/mol. The lowest BCUT2D eigenvalue weighted by Gasteiger charge is -2.12. The van der Waals surface area contributed by atoms with Gasteiger partial charge in [-0.3, -0.25) is 9.78 Å². The van der Waals surface area contributed by atoms with Gasteiger partial charge in [-0.1, -0.05) is 17.7 Å². The van der Waals surface area contributed by atoms with Crippen LogP contribution in [0.4, 0.5) is 5.69 Å². The van der Waals surface area contributed by atoms with Crippen molar-refractivity contribution in [2.75, 3.05) is 12.4 Å². The highest BCUT2D eigenvalue weighted by Crippen LogP contribution is 2.27. The normalized spacial score (nSPS) is 10.7. The van der Waals surface area contributed by atoms with Gasteiger partial charge in [0, 0.05) is 16.6 Å². The minimum atomic E-state index is -0.167. The van der Waals surface area contributed by atoms with Crippen LogP contribution in [0.15, 0.2) is 42.5 Å². The van der Waals surface area contributed by atoms with Crippen molar-refractivity contribution in [1.29, 1.82) is 0 Å². The molecule has 0 atom stereocenters. The topological polar surface area (TPSA) is 51.2 Å². The molecule has 24 heavy (non-hydrogen) atoms. The number of anilines is 1. The van der Waals surface area contributed by atoms with Gasteiger partial charge in [-0.15, -0.1) is 0 Å². The van der Waals surface area contributed by atoms with Crippen molar-refractivity contribution in [3.63, 3.8) is 0 Å². The van der Waals surface area contributed by atoms with E-state index >= 15 is 0 Å². The lowest BCUT2D eigenvalue weighted by molar-refractivity contribution is 0.102. The van der Waals surface area contributed by atoms with Gasteiger partial charge in [0.2, 0.25) is 0 Å². The molecule has 0 aliphatic heterocycles. The number of carbonyl (C=O) groups excluding carboxylic acids is 1. The third kappa shape index (κ3) is 3.08. The molecule has 2 aromatic carbocycles. The van der Waals surface area contributed by atoms with Crippen LogP contribution in [0.25, 0.3) is 10.9 Å². The number of amides is 1.